The average molecular weight is 1250 g/mol. The molecular formula is C92H64N6. The maximum atomic E-state index is 2.59. The third-order valence-corrected chi connectivity index (χ3v) is 22.3. The molecule has 0 amide bonds. The molecule has 0 saturated carbocycles. The fourth-order valence-electron chi connectivity index (χ4n) is 17.7. The van der Waals surface area contributed by atoms with Crippen molar-refractivity contribution < 1.29 is 0 Å². The molecule has 0 N–H and O–H groups in total. The summed E-state index contributed by atoms with van der Waals surface area (Å²) in [4.78, 5) is 0. The Morgan fingerprint density at radius 1 is 0.184 bits per heavy atom. The van der Waals surface area contributed by atoms with Crippen molar-refractivity contribution in [3.63, 3.8) is 0 Å². The molecule has 0 aliphatic rings. The zero-order chi connectivity index (χ0) is 64.9. The van der Waals surface area contributed by atoms with E-state index in [1.807, 2.05) is 0 Å². The summed E-state index contributed by atoms with van der Waals surface area (Å²) >= 11 is 0. The van der Waals surface area contributed by atoms with E-state index in [0.29, 0.717) is 0 Å². The highest BCUT2D eigenvalue weighted by molar-refractivity contribution is 6.31. The Morgan fingerprint density at radius 3 is 0.908 bits per heavy atom. The van der Waals surface area contributed by atoms with Gasteiger partial charge < -0.3 is 27.1 Å². The van der Waals surface area contributed by atoms with Crippen molar-refractivity contribution in [2.45, 2.75) is 52.4 Å². The van der Waals surface area contributed by atoms with Gasteiger partial charge in [-0.25, -0.2) is 0 Å². The van der Waals surface area contributed by atoms with E-state index in [2.05, 4.69) is 348 Å². The predicted molar refractivity (Wildman–Crippen MR) is 416 cm³/mol. The lowest BCUT2D eigenvalue weighted by atomic mass is 9.85. The molecule has 6 heteroatoms. The van der Waals surface area contributed by atoms with Gasteiger partial charge in [-0.05, 0) is 185 Å². The summed E-state index contributed by atoms with van der Waals surface area (Å²) in [6.45, 7) is 14.1. The molecule has 0 radical (unpaired) electrons. The molecule has 22 rings (SSSR count). The van der Waals surface area contributed by atoms with E-state index in [4.69, 9.17) is 0 Å². The number of aromatic nitrogens is 6. The highest BCUT2D eigenvalue weighted by Crippen LogP contribution is 2.50. The topological polar surface area (TPSA) is 28.5 Å². The third-order valence-electron chi connectivity index (χ3n) is 22.3. The molecule has 0 atom stereocenters. The van der Waals surface area contributed by atoms with Crippen LogP contribution < -0.4 is 0 Å². The highest BCUT2D eigenvalue weighted by atomic mass is 15.0. The number of hydrogen-bond acceptors (Lipinski definition) is 0. The summed E-state index contributed by atoms with van der Waals surface area (Å²) in [6.07, 6.45) is 0. The van der Waals surface area contributed by atoms with Crippen molar-refractivity contribution in [2.75, 3.05) is 0 Å². The molecule has 14 aromatic carbocycles. The van der Waals surface area contributed by atoms with Crippen LogP contribution >= 0.6 is 0 Å². The molecule has 0 aliphatic carbocycles. The van der Waals surface area contributed by atoms with Gasteiger partial charge in [0, 0.05) is 109 Å². The smallest absolute Gasteiger partial charge is 0.0620 e. The number of hydrogen-bond donors (Lipinski definition) is 0. The number of para-hydroxylation sites is 6. The van der Waals surface area contributed by atoms with Gasteiger partial charge in [-0.3, -0.25) is 0 Å². The molecule has 8 heterocycles. The fraction of sp³-hybridized carbons (Fsp3) is 0.0870. The first-order valence-electron chi connectivity index (χ1n) is 34.5. The first-order chi connectivity index (χ1) is 47.9. The van der Waals surface area contributed by atoms with Crippen molar-refractivity contribution in [3.8, 4) is 33.9 Å². The molecule has 6 nitrogen and oxygen atoms in total. The van der Waals surface area contributed by atoms with Crippen LogP contribution in [0.25, 0.3) is 197 Å². The molecule has 98 heavy (non-hydrogen) atoms. The summed E-state index contributed by atoms with van der Waals surface area (Å²) in [5.74, 6) is 0. The van der Waals surface area contributed by atoms with E-state index in [9.17, 15) is 0 Å². The molecule has 0 aliphatic heterocycles. The van der Waals surface area contributed by atoms with E-state index in [1.54, 1.807) is 0 Å². The molecule has 8 aromatic heterocycles. The Morgan fingerprint density at radius 2 is 0.480 bits per heavy atom. The van der Waals surface area contributed by atoms with Gasteiger partial charge in [-0.15, -0.1) is 0 Å². The van der Waals surface area contributed by atoms with Crippen molar-refractivity contribution in [1.82, 2.24) is 27.1 Å². The minimum atomic E-state index is -0.0854. The predicted octanol–water partition coefficient (Wildman–Crippen LogP) is 24.6. The minimum Gasteiger partial charge on any atom is -0.309 e. The average Bonchev–Trinajstić information content (AvgIpc) is 1.53. The van der Waals surface area contributed by atoms with Gasteiger partial charge in [0.1, 0.15) is 0 Å². The molecule has 0 spiro atoms. The van der Waals surface area contributed by atoms with Gasteiger partial charge in [0.05, 0.1) is 77.2 Å². The lowest BCUT2D eigenvalue weighted by Crippen LogP contribution is -2.10. The van der Waals surface area contributed by atoms with E-state index in [-0.39, 0.29) is 10.8 Å². The number of rotatable bonds is 5. The van der Waals surface area contributed by atoms with E-state index >= 15 is 0 Å². The number of nitrogens with zero attached hydrogens (tertiary/aromatic N) is 6. The molecule has 0 bridgehead atoms. The van der Waals surface area contributed by atoms with Crippen molar-refractivity contribution in [2.24, 2.45) is 0 Å². The molecular weight excluding hydrogens is 1190 g/mol. The van der Waals surface area contributed by atoms with Crippen LogP contribution in [0.2, 0.25) is 0 Å². The second-order valence-electron chi connectivity index (χ2n) is 29.7. The van der Waals surface area contributed by atoms with E-state index < -0.39 is 0 Å². The molecule has 0 unspecified atom stereocenters. The van der Waals surface area contributed by atoms with Gasteiger partial charge in [-0.2, -0.15) is 0 Å². The van der Waals surface area contributed by atoms with Crippen LogP contribution in [-0.2, 0) is 10.8 Å². The number of fused-ring (bicyclic) bond motifs is 24. The summed E-state index contributed by atoms with van der Waals surface area (Å²) in [5.41, 5.74) is 26.5. The van der Waals surface area contributed by atoms with Gasteiger partial charge >= 0.3 is 0 Å². The van der Waals surface area contributed by atoms with E-state index in [1.165, 1.54) is 191 Å². The Labute approximate surface area is 563 Å². The standard InChI is InChI=1S/C92H64N6/c1-91(2,3)55-41-73-67-45-65-61-31-16-19-34-77(61)94(58-26-12-8-13-27-58)85(65)51-87(67)98-88-52-86-66(46-68(88)74(42-55)89(73)98)64-40-54(37-38-80(64)95(86)59-28-14-9-15-29-59)53-23-22-30-60(39-53)96-79-36-21-18-33-63(79)70-48-84-72(50-82(70)96)76-44-56(92(4,5)6)43-75-71-49-81-69(47-83(71)97(84)90(75)76)62-32-17-20-35-78(62)93(81)57-24-10-7-11-25-57/h7-52H,1-6H3. The van der Waals surface area contributed by atoms with Crippen molar-refractivity contribution in [3.05, 3.63) is 290 Å². The summed E-state index contributed by atoms with van der Waals surface area (Å²) in [6, 6.07) is 106. The molecule has 0 saturated heterocycles. The lowest BCUT2D eigenvalue weighted by molar-refractivity contribution is 0.591. The largest absolute Gasteiger partial charge is 0.309 e. The quantitative estimate of drug-likeness (QED) is 0.164. The molecule has 22 aromatic rings. The van der Waals surface area contributed by atoms with Gasteiger partial charge in [0.25, 0.3) is 0 Å². The lowest BCUT2D eigenvalue weighted by Gasteiger charge is -2.19. The van der Waals surface area contributed by atoms with Gasteiger partial charge in [0.15, 0.2) is 0 Å². The minimum absolute atomic E-state index is 0.0835. The zero-order valence-electron chi connectivity index (χ0n) is 55.2. The Hall–Kier alpha value is -12.1. The summed E-state index contributed by atoms with van der Waals surface area (Å²) < 4.78 is 15.1. The Kier molecular flexibility index (Phi) is 10.4. The first kappa shape index (κ1) is 54.2. The second-order valence-corrected chi connectivity index (χ2v) is 29.7. The Bertz CT molecular complexity index is 7210. The van der Waals surface area contributed by atoms with Crippen LogP contribution in [0.5, 0.6) is 0 Å². The third kappa shape index (κ3) is 7.15. The van der Waals surface area contributed by atoms with Crippen LogP contribution in [0, 0.1) is 0 Å². The molecule has 462 valence electrons. The zero-order valence-corrected chi connectivity index (χ0v) is 55.2. The maximum absolute atomic E-state index is 2.59. The van der Waals surface area contributed by atoms with Crippen LogP contribution in [0.4, 0.5) is 0 Å². The van der Waals surface area contributed by atoms with Gasteiger partial charge in [0.2, 0.25) is 0 Å². The normalized spacial score (nSPS) is 13.0. The maximum Gasteiger partial charge on any atom is 0.0620 e. The second kappa shape index (κ2) is 18.9. The number of benzene rings is 14. The first-order valence-corrected chi connectivity index (χ1v) is 34.5. The van der Waals surface area contributed by atoms with Crippen LogP contribution in [0.15, 0.2) is 279 Å². The van der Waals surface area contributed by atoms with Crippen LogP contribution in [0.1, 0.15) is 52.7 Å². The van der Waals surface area contributed by atoms with Crippen molar-refractivity contribution in [1.29, 1.82) is 0 Å². The van der Waals surface area contributed by atoms with Crippen LogP contribution in [0.3, 0.4) is 0 Å². The summed E-state index contributed by atoms with van der Waals surface area (Å²) in [5, 5.41) is 20.2. The van der Waals surface area contributed by atoms with Crippen LogP contribution in [-0.4, -0.2) is 27.1 Å². The molecule has 0 fully saturated rings. The van der Waals surface area contributed by atoms with Crippen molar-refractivity contribution >= 4 is 163 Å². The monoisotopic (exact) mass is 1250 g/mol. The Balaban J connectivity index is 0.758. The van der Waals surface area contributed by atoms with Gasteiger partial charge in [-0.1, -0.05) is 169 Å². The fourth-order valence-corrected chi connectivity index (χ4v) is 17.7. The summed E-state index contributed by atoms with van der Waals surface area (Å²) in [7, 11) is 0. The van der Waals surface area contributed by atoms with E-state index in [0.717, 1.165) is 17.1 Å². The highest BCUT2D eigenvalue weighted by Gasteiger charge is 2.29. The SMILES string of the molecule is CC(C)(C)c1cc2c3cc4c(cc3n3c5cc6c7ccccc7n(-c7cccc(-c8ccc9c(c8)c8cc%10c%11cc(C(C)(C)C)cc%12c%13cc%14c%15ccccc%15n(-c%15ccccc%15)c%14cc%13n(c%10cc8n9-c8ccccc8)c%12%11)c7)c6cc5c(c1)c23)c1ccccc1n4-c1ccccc1.